The number of aromatic nitrogens is 2. The van der Waals surface area contributed by atoms with E-state index in [1.807, 2.05) is 11.8 Å². The SMILES string of the molecule is CCCSc1nsnc1N1CCCN(C)CC1. The van der Waals surface area contributed by atoms with Crippen molar-refractivity contribution in [3.63, 3.8) is 0 Å². The quantitative estimate of drug-likeness (QED) is 0.785. The molecule has 0 N–H and O–H groups in total. The molecule has 1 fully saturated rings. The first kappa shape index (κ1) is 13.1. The summed E-state index contributed by atoms with van der Waals surface area (Å²) in [6.45, 7) is 6.69. The molecule has 0 radical (unpaired) electrons. The minimum Gasteiger partial charge on any atom is -0.352 e. The summed E-state index contributed by atoms with van der Waals surface area (Å²) in [7, 11) is 2.19. The van der Waals surface area contributed by atoms with Crippen LogP contribution < -0.4 is 4.90 Å². The molecule has 0 amide bonds. The molecule has 17 heavy (non-hydrogen) atoms. The number of likely N-dealkylation sites (N-methyl/N-ethyl adjacent to an activating group) is 1. The molecule has 96 valence electrons. The maximum Gasteiger partial charge on any atom is 0.176 e. The monoisotopic (exact) mass is 272 g/mol. The van der Waals surface area contributed by atoms with Gasteiger partial charge in [-0.25, -0.2) is 0 Å². The second-order valence-corrected chi connectivity index (χ2v) is 6.00. The molecule has 0 saturated carbocycles. The van der Waals surface area contributed by atoms with Crippen LogP contribution in [0.3, 0.4) is 0 Å². The Balaban J connectivity index is 2.02. The van der Waals surface area contributed by atoms with E-state index in [-0.39, 0.29) is 0 Å². The van der Waals surface area contributed by atoms with Crippen molar-refractivity contribution in [3.8, 4) is 0 Å². The fraction of sp³-hybridized carbons (Fsp3) is 0.818. The lowest BCUT2D eigenvalue weighted by Crippen LogP contribution is -2.29. The molecule has 0 aliphatic carbocycles. The van der Waals surface area contributed by atoms with Crippen LogP contribution >= 0.6 is 23.5 Å². The summed E-state index contributed by atoms with van der Waals surface area (Å²) in [5, 5.41) is 1.13. The highest BCUT2D eigenvalue weighted by Crippen LogP contribution is 2.29. The van der Waals surface area contributed by atoms with Gasteiger partial charge in [-0.15, -0.1) is 11.8 Å². The summed E-state index contributed by atoms with van der Waals surface area (Å²) in [5.41, 5.74) is 0. The molecule has 0 atom stereocenters. The van der Waals surface area contributed by atoms with Crippen molar-refractivity contribution in [1.29, 1.82) is 0 Å². The minimum absolute atomic E-state index is 1.07. The van der Waals surface area contributed by atoms with Crippen LogP contribution in [0.5, 0.6) is 0 Å². The average Bonchev–Trinajstić information content (AvgIpc) is 2.69. The van der Waals surface area contributed by atoms with Gasteiger partial charge in [-0.2, -0.15) is 8.75 Å². The molecule has 1 aliphatic heterocycles. The molecule has 2 rings (SSSR count). The molecule has 1 saturated heterocycles. The maximum atomic E-state index is 4.48. The Kier molecular flexibility index (Phi) is 5.06. The number of thioether (sulfide) groups is 1. The van der Waals surface area contributed by atoms with E-state index in [0.29, 0.717) is 0 Å². The molecule has 0 unspecified atom stereocenters. The Labute approximate surface area is 112 Å². The van der Waals surface area contributed by atoms with Crippen molar-refractivity contribution >= 4 is 29.3 Å². The zero-order valence-corrected chi connectivity index (χ0v) is 12.2. The van der Waals surface area contributed by atoms with E-state index in [1.54, 1.807) is 0 Å². The Bertz CT molecular complexity index is 342. The summed E-state index contributed by atoms with van der Waals surface area (Å²) < 4.78 is 8.89. The van der Waals surface area contributed by atoms with Crippen LogP contribution in [0.25, 0.3) is 0 Å². The third-order valence-electron chi connectivity index (χ3n) is 2.90. The highest BCUT2D eigenvalue weighted by Gasteiger charge is 2.18. The Morgan fingerprint density at radius 3 is 2.94 bits per heavy atom. The number of hydrogen-bond donors (Lipinski definition) is 0. The van der Waals surface area contributed by atoms with Gasteiger partial charge >= 0.3 is 0 Å². The molecule has 2 heterocycles. The lowest BCUT2D eigenvalue weighted by Gasteiger charge is -2.20. The third kappa shape index (κ3) is 3.56. The fourth-order valence-electron chi connectivity index (χ4n) is 1.92. The molecule has 1 aromatic rings. The maximum absolute atomic E-state index is 4.48. The summed E-state index contributed by atoms with van der Waals surface area (Å²) >= 11 is 3.18. The number of anilines is 1. The van der Waals surface area contributed by atoms with Crippen molar-refractivity contribution in [2.75, 3.05) is 43.9 Å². The summed E-state index contributed by atoms with van der Waals surface area (Å²) in [4.78, 5) is 4.78. The van der Waals surface area contributed by atoms with Gasteiger partial charge in [-0.1, -0.05) is 6.92 Å². The smallest absolute Gasteiger partial charge is 0.176 e. The molecule has 4 nitrogen and oxygen atoms in total. The first-order valence-corrected chi connectivity index (χ1v) is 7.91. The lowest BCUT2D eigenvalue weighted by molar-refractivity contribution is 0.360. The number of rotatable bonds is 4. The van der Waals surface area contributed by atoms with E-state index in [2.05, 4.69) is 32.5 Å². The molecule has 1 aromatic heterocycles. The lowest BCUT2D eigenvalue weighted by atomic mass is 10.4. The van der Waals surface area contributed by atoms with Gasteiger partial charge in [0, 0.05) is 19.6 Å². The summed E-state index contributed by atoms with van der Waals surface area (Å²) in [6, 6.07) is 0. The Morgan fingerprint density at radius 2 is 2.12 bits per heavy atom. The topological polar surface area (TPSA) is 32.3 Å². The Morgan fingerprint density at radius 1 is 1.24 bits per heavy atom. The fourth-order valence-corrected chi connectivity index (χ4v) is 3.46. The molecule has 6 heteroatoms. The second-order valence-electron chi connectivity index (χ2n) is 4.39. The van der Waals surface area contributed by atoms with Gasteiger partial charge in [-0.05, 0) is 32.2 Å². The van der Waals surface area contributed by atoms with E-state index in [9.17, 15) is 0 Å². The summed E-state index contributed by atoms with van der Waals surface area (Å²) in [6.07, 6.45) is 2.40. The number of nitrogens with zero attached hydrogens (tertiary/aromatic N) is 4. The highest BCUT2D eigenvalue weighted by atomic mass is 32.2. The van der Waals surface area contributed by atoms with E-state index >= 15 is 0 Å². The zero-order valence-electron chi connectivity index (χ0n) is 10.6. The highest BCUT2D eigenvalue weighted by molar-refractivity contribution is 7.99. The van der Waals surface area contributed by atoms with Gasteiger partial charge in [-0.3, -0.25) is 0 Å². The molecule has 0 bridgehead atoms. The predicted octanol–water partition coefficient (Wildman–Crippen LogP) is 2.18. The molecule has 0 aromatic carbocycles. The van der Waals surface area contributed by atoms with Crippen LogP contribution in [-0.4, -0.2) is 52.6 Å². The van der Waals surface area contributed by atoms with Crippen LogP contribution in [0.2, 0.25) is 0 Å². The minimum atomic E-state index is 1.07. The molecular weight excluding hydrogens is 252 g/mol. The van der Waals surface area contributed by atoms with E-state index in [1.165, 1.54) is 31.1 Å². The van der Waals surface area contributed by atoms with Crippen LogP contribution in [0.4, 0.5) is 5.82 Å². The normalized spacial score (nSPS) is 18.4. The van der Waals surface area contributed by atoms with Gasteiger partial charge in [0.15, 0.2) is 10.8 Å². The van der Waals surface area contributed by atoms with Crippen molar-refractivity contribution in [1.82, 2.24) is 13.6 Å². The standard InChI is InChI=1S/C11H20N4S2/c1-3-9-16-11-10(12-17-13-11)15-6-4-5-14(2)7-8-15/h3-9H2,1-2H3. The zero-order chi connectivity index (χ0) is 12.1. The molecule has 0 spiro atoms. The van der Waals surface area contributed by atoms with Gasteiger partial charge in [0.05, 0.1) is 11.7 Å². The van der Waals surface area contributed by atoms with Crippen molar-refractivity contribution < 1.29 is 0 Å². The Hall–Kier alpha value is -0.330. The molecule has 1 aliphatic rings. The van der Waals surface area contributed by atoms with E-state index in [4.69, 9.17) is 0 Å². The van der Waals surface area contributed by atoms with Crippen LogP contribution in [-0.2, 0) is 0 Å². The van der Waals surface area contributed by atoms with Crippen LogP contribution in [0.15, 0.2) is 5.03 Å². The average molecular weight is 272 g/mol. The van der Waals surface area contributed by atoms with Crippen molar-refractivity contribution in [2.24, 2.45) is 0 Å². The van der Waals surface area contributed by atoms with E-state index < -0.39 is 0 Å². The molecular formula is C11H20N4S2. The van der Waals surface area contributed by atoms with E-state index in [0.717, 1.165) is 36.2 Å². The summed E-state index contributed by atoms with van der Waals surface area (Å²) in [5.74, 6) is 2.25. The van der Waals surface area contributed by atoms with Gasteiger partial charge in [0.2, 0.25) is 0 Å². The van der Waals surface area contributed by atoms with Crippen molar-refractivity contribution in [2.45, 2.75) is 24.8 Å². The largest absolute Gasteiger partial charge is 0.352 e. The predicted molar refractivity (Wildman–Crippen MR) is 75.3 cm³/mol. The first-order valence-electron chi connectivity index (χ1n) is 6.20. The first-order chi connectivity index (χ1) is 8.31. The van der Waals surface area contributed by atoms with Crippen molar-refractivity contribution in [3.05, 3.63) is 0 Å². The third-order valence-corrected chi connectivity index (χ3v) is 4.70. The van der Waals surface area contributed by atoms with Gasteiger partial charge < -0.3 is 9.80 Å². The van der Waals surface area contributed by atoms with Crippen LogP contribution in [0, 0.1) is 0 Å². The number of hydrogen-bond acceptors (Lipinski definition) is 6. The van der Waals surface area contributed by atoms with Gasteiger partial charge in [0.1, 0.15) is 0 Å². The second kappa shape index (κ2) is 6.56. The van der Waals surface area contributed by atoms with Crippen LogP contribution in [0.1, 0.15) is 19.8 Å². The van der Waals surface area contributed by atoms with Gasteiger partial charge in [0.25, 0.3) is 0 Å².